The second-order valence-electron chi connectivity index (χ2n) is 6.29. The number of nitrogens with zero attached hydrogens (tertiary/aromatic N) is 2. The lowest BCUT2D eigenvalue weighted by Crippen LogP contribution is -2.55. The zero-order valence-electron chi connectivity index (χ0n) is 12.6. The SMILES string of the molecule is O=C([C@@H]1CS[C@@H]2[C@H](O)[C@@H](O)[C@H](O)[C@H](O)C(=O)N21)N1CCCCC1. The van der Waals surface area contributed by atoms with Crippen molar-refractivity contribution in [3.8, 4) is 0 Å². The number of hydrogen-bond acceptors (Lipinski definition) is 7. The maximum absolute atomic E-state index is 12.7. The Morgan fingerprint density at radius 3 is 2.30 bits per heavy atom. The largest absolute Gasteiger partial charge is 0.387 e. The molecule has 0 radical (unpaired) electrons. The van der Waals surface area contributed by atoms with E-state index in [1.807, 2.05) is 0 Å². The minimum Gasteiger partial charge on any atom is -0.387 e. The van der Waals surface area contributed by atoms with Crippen LogP contribution in [0.1, 0.15) is 19.3 Å². The third-order valence-electron chi connectivity index (χ3n) is 4.81. The van der Waals surface area contributed by atoms with Gasteiger partial charge in [0.25, 0.3) is 5.91 Å². The molecule has 0 unspecified atom stereocenters. The number of aliphatic hydroxyl groups is 4. The van der Waals surface area contributed by atoms with Crippen LogP contribution in [0, 0.1) is 0 Å². The zero-order chi connectivity index (χ0) is 16.7. The molecule has 8 nitrogen and oxygen atoms in total. The van der Waals surface area contributed by atoms with Crippen LogP contribution in [0.15, 0.2) is 0 Å². The molecular weight excluding hydrogens is 324 g/mol. The molecule has 3 rings (SSSR count). The normalized spacial score (nSPS) is 41.7. The van der Waals surface area contributed by atoms with Crippen molar-refractivity contribution in [2.45, 2.75) is 55.1 Å². The molecule has 23 heavy (non-hydrogen) atoms. The number of hydrogen-bond donors (Lipinski definition) is 4. The summed E-state index contributed by atoms with van der Waals surface area (Å²) in [5, 5.41) is 38.9. The molecule has 6 atom stereocenters. The van der Waals surface area contributed by atoms with Gasteiger partial charge in [-0.1, -0.05) is 0 Å². The first kappa shape index (κ1) is 17.0. The monoisotopic (exact) mass is 346 g/mol. The topological polar surface area (TPSA) is 122 Å². The van der Waals surface area contributed by atoms with Gasteiger partial charge in [0.1, 0.15) is 29.7 Å². The van der Waals surface area contributed by atoms with Crippen LogP contribution in [-0.2, 0) is 9.59 Å². The average molecular weight is 346 g/mol. The number of aliphatic hydroxyl groups excluding tert-OH is 4. The minimum absolute atomic E-state index is 0.196. The second-order valence-corrected chi connectivity index (χ2v) is 7.44. The molecule has 130 valence electrons. The molecule has 0 aromatic rings. The van der Waals surface area contributed by atoms with E-state index in [0.717, 1.165) is 24.2 Å². The molecule has 3 fully saturated rings. The van der Waals surface area contributed by atoms with Gasteiger partial charge in [0, 0.05) is 18.8 Å². The van der Waals surface area contributed by atoms with E-state index in [0.29, 0.717) is 18.8 Å². The van der Waals surface area contributed by atoms with Crippen LogP contribution in [0.25, 0.3) is 0 Å². The summed E-state index contributed by atoms with van der Waals surface area (Å²) in [6, 6.07) is -0.780. The van der Waals surface area contributed by atoms with Gasteiger partial charge < -0.3 is 30.2 Å². The Bertz CT molecular complexity index is 486. The summed E-state index contributed by atoms with van der Waals surface area (Å²) in [5.41, 5.74) is 0. The second kappa shape index (κ2) is 6.56. The molecule has 3 aliphatic heterocycles. The Morgan fingerprint density at radius 1 is 1.00 bits per heavy atom. The summed E-state index contributed by atoms with van der Waals surface area (Å²) in [5.74, 6) is -0.713. The van der Waals surface area contributed by atoms with E-state index in [1.165, 1.54) is 11.8 Å². The highest BCUT2D eigenvalue weighted by Crippen LogP contribution is 2.37. The summed E-state index contributed by atoms with van der Waals surface area (Å²) in [6.45, 7) is 1.28. The van der Waals surface area contributed by atoms with Crippen molar-refractivity contribution in [2.24, 2.45) is 0 Å². The van der Waals surface area contributed by atoms with E-state index in [1.54, 1.807) is 4.90 Å². The van der Waals surface area contributed by atoms with Crippen molar-refractivity contribution in [1.82, 2.24) is 9.80 Å². The summed E-state index contributed by atoms with van der Waals surface area (Å²) in [4.78, 5) is 28.0. The van der Waals surface area contributed by atoms with E-state index in [2.05, 4.69) is 0 Å². The third kappa shape index (κ3) is 2.85. The Balaban J connectivity index is 1.84. The van der Waals surface area contributed by atoms with Crippen molar-refractivity contribution >= 4 is 23.6 Å². The summed E-state index contributed by atoms with van der Waals surface area (Å²) in [7, 11) is 0. The zero-order valence-corrected chi connectivity index (χ0v) is 13.4. The number of fused-ring (bicyclic) bond motifs is 1. The standard InChI is InChI=1S/C14H22N2O6S/c17-8-9(18)11(20)14-16(13(22)10(8)19)7(6-23-14)12(21)15-4-2-1-3-5-15/h7-11,14,17-20H,1-6H2/t7-,8-,9-,10-,11+,14+/m0/s1. The molecule has 3 heterocycles. The molecule has 9 heteroatoms. The van der Waals surface area contributed by atoms with Crippen LogP contribution in [0.4, 0.5) is 0 Å². The molecule has 0 bridgehead atoms. The number of likely N-dealkylation sites (tertiary alicyclic amines) is 1. The van der Waals surface area contributed by atoms with Crippen LogP contribution in [0.3, 0.4) is 0 Å². The number of rotatable bonds is 1. The summed E-state index contributed by atoms with van der Waals surface area (Å²) < 4.78 is 0. The van der Waals surface area contributed by atoms with Gasteiger partial charge in [0.05, 0.1) is 0 Å². The van der Waals surface area contributed by atoms with Crippen LogP contribution < -0.4 is 0 Å². The van der Waals surface area contributed by atoms with E-state index in [9.17, 15) is 30.0 Å². The number of carbonyl (C=O) groups is 2. The maximum atomic E-state index is 12.7. The fourth-order valence-corrected chi connectivity index (χ4v) is 4.89. The fraction of sp³-hybridized carbons (Fsp3) is 0.857. The molecule has 3 saturated heterocycles. The number of piperidine rings is 1. The van der Waals surface area contributed by atoms with Crippen molar-refractivity contribution in [2.75, 3.05) is 18.8 Å². The predicted molar refractivity (Wildman–Crippen MR) is 81.3 cm³/mol. The van der Waals surface area contributed by atoms with Crippen molar-refractivity contribution in [3.63, 3.8) is 0 Å². The minimum atomic E-state index is -1.85. The molecular formula is C14H22N2O6S. The smallest absolute Gasteiger partial charge is 0.255 e. The van der Waals surface area contributed by atoms with Gasteiger partial charge in [-0.15, -0.1) is 11.8 Å². The highest BCUT2D eigenvalue weighted by atomic mass is 32.2. The van der Waals surface area contributed by atoms with Crippen molar-refractivity contribution < 1.29 is 30.0 Å². The molecule has 0 aromatic heterocycles. The van der Waals surface area contributed by atoms with E-state index < -0.39 is 41.7 Å². The van der Waals surface area contributed by atoms with E-state index >= 15 is 0 Å². The lowest BCUT2D eigenvalue weighted by atomic mass is 10.1. The first-order chi connectivity index (χ1) is 10.9. The maximum Gasteiger partial charge on any atom is 0.255 e. The first-order valence-corrected chi connectivity index (χ1v) is 8.93. The number of carbonyl (C=O) groups excluding carboxylic acids is 2. The van der Waals surface area contributed by atoms with Crippen LogP contribution in [0.2, 0.25) is 0 Å². The number of amides is 2. The lowest BCUT2D eigenvalue weighted by Gasteiger charge is -2.34. The third-order valence-corrected chi connectivity index (χ3v) is 6.17. The Labute approximate surface area is 138 Å². The highest BCUT2D eigenvalue weighted by molar-refractivity contribution is 8.00. The Kier molecular flexibility index (Phi) is 4.84. The molecule has 0 aliphatic carbocycles. The van der Waals surface area contributed by atoms with Crippen LogP contribution >= 0.6 is 11.8 Å². The van der Waals surface area contributed by atoms with Crippen LogP contribution in [0.5, 0.6) is 0 Å². The van der Waals surface area contributed by atoms with Crippen LogP contribution in [-0.4, -0.2) is 96.7 Å². The van der Waals surface area contributed by atoms with Gasteiger partial charge in [-0.2, -0.15) is 0 Å². The van der Waals surface area contributed by atoms with Crippen molar-refractivity contribution in [1.29, 1.82) is 0 Å². The van der Waals surface area contributed by atoms with Gasteiger partial charge in [0.2, 0.25) is 5.91 Å². The quantitative estimate of drug-likeness (QED) is 0.422. The molecule has 0 saturated carbocycles. The van der Waals surface area contributed by atoms with Gasteiger partial charge in [-0.25, -0.2) is 0 Å². The average Bonchev–Trinajstić information content (AvgIpc) is 3.01. The van der Waals surface area contributed by atoms with E-state index in [-0.39, 0.29) is 5.91 Å². The van der Waals surface area contributed by atoms with Crippen molar-refractivity contribution in [3.05, 3.63) is 0 Å². The first-order valence-electron chi connectivity index (χ1n) is 7.88. The lowest BCUT2D eigenvalue weighted by molar-refractivity contribution is -0.154. The number of thioether (sulfide) groups is 1. The Hall–Kier alpha value is -0.870. The Morgan fingerprint density at radius 2 is 1.65 bits per heavy atom. The van der Waals surface area contributed by atoms with E-state index in [4.69, 9.17) is 0 Å². The molecule has 0 spiro atoms. The molecule has 4 N–H and O–H groups in total. The van der Waals surface area contributed by atoms with Gasteiger partial charge in [0.15, 0.2) is 6.10 Å². The fourth-order valence-electron chi connectivity index (χ4n) is 3.44. The molecule has 2 amide bonds. The molecule has 3 aliphatic rings. The predicted octanol–water partition coefficient (Wildman–Crippen LogP) is -2.27. The van der Waals surface area contributed by atoms with Gasteiger partial charge in [-0.05, 0) is 19.3 Å². The highest BCUT2D eigenvalue weighted by Gasteiger charge is 2.54. The van der Waals surface area contributed by atoms with Gasteiger partial charge >= 0.3 is 0 Å². The van der Waals surface area contributed by atoms with Gasteiger partial charge in [-0.3, -0.25) is 9.59 Å². The summed E-state index contributed by atoms with van der Waals surface area (Å²) in [6.07, 6.45) is -3.76. The summed E-state index contributed by atoms with van der Waals surface area (Å²) >= 11 is 1.19. The molecule has 0 aromatic carbocycles.